The molecule has 1 aromatic heterocycles. The van der Waals surface area contributed by atoms with Crippen LogP contribution in [0, 0.1) is 0 Å². The fraction of sp³-hybridized carbons (Fsp3) is 0.125. The standard InChI is InChI=1S/C8H6ClN3O3/c1-15-7-3(8(13)14)2-4(9)5-6(7)11-12-10-5/h2H,1H3,(H,13,14)(H,10,11,12). The molecular weight excluding hydrogens is 222 g/mol. The number of halogens is 1. The summed E-state index contributed by atoms with van der Waals surface area (Å²) in [5, 5.41) is 19.1. The summed E-state index contributed by atoms with van der Waals surface area (Å²) in [6.07, 6.45) is 0. The Hall–Kier alpha value is -1.82. The topological polar surface area (TPSA) is 88.1 Å². The number of carboxylic acids is 1. The molecular formula is C8H6ClN3O3. The van der Waals surface area contributed by atoms with Crippen molar-refractivity contribution in [2.75, 3.05) is 7.11 Å². The second-order valence-electron chi connectivity index (χ2n) is 2.77. The van der Waals surface area contributed by atoms with E-state index in [-0.39, 0.29) is 16.3 Å². The Balaban J connectivity index is 2.87. The first-order valence-electron chi connectivity index (χ1n) is 3.95. The fourth-order valence-electron chi connectivity index (χ4n) is 1.31. The molecule has 0 aliphatic rings. The van der Waals surface area contributed by atoms with Gasteiger partial charge >= 0.3 is 5.97 Å². The van der Waals surface area contributed by atoms with Crippen LogP contribution in [0.4, 0.5) is 0 Å². The number of aromatic carboxylic acids is 1. The Bertz CT molecular complexity index is 537. The van der Waals surface area contributed by atoms with Crippen LogP contribution in [0.25, 0.3) is 11.0 Å². The maximum atomic E-state index is 10.9. The van der Waals surface area contributed by atoms with Crippen molar-refractivity contribution in [2.24, 2.45) is 0 Å². The van der Waals surface area contributed by atoms with E-state index in [4.69, 9.17) is 21.4 Å². The molecule has 0 saturated heterocycles. The summed E-state index contributed by atoms with van der Waals surface area (Å²) in [7, 11) is 1.36. The van der Waals surface area contributed by atoms with Crippen molar-refractivity contribution in [3.8, 4) is 5.75 Å². The summed E-state index contributed by atoms with van der Waals surface area (Å²) in [4.78, 5) is 10.9. The number of benzene rings is 1. The molecule has 1 heterocycles. The maximum Gasteiger partial charge on any atom is 0.339 e. The van der Waals surface area contributed by atoms with Crippen LogP contribution in [-0.2, 0) is 0 Å². The van der Waals surface area contributed by atoms with Crippen molar-refractivity contribution in [3.63, 3.8) is 0 Å². The number of ether oxygens (including phenoxy) is 1. The Labute approximate surface area is 88.8 Å². The summed E-state index contributed by atoms with van der Waals surface area (Å²) in [5.74, 6) is -0.978. The Morgan fingerprint density at radius 3 is 2.80 bits per heavy atom. The first-order chi connectivity index (χ1) is 7.15. The van der Waals surface area contributed by atoms with E-state index < -0.39 is 5.97 Å². The smallest absolute Gasteiger partial charge is 0.339 e. The number of nitrogens with one attached hydrogen (secondary N) is 1. The molecule has 0 atom stereocenters. The molecule has 0 unspecified atom stereocenters. The Morgan fingerprint density at radius 1 is 1.53 bits per heavy atom. The van der Waals surface area contributed by atoms with E-state index in [0.29, 0.717) is 11.0 Å². The predicted molar refractivity (Wildman–Crippen MR) is 52.4 cm³/mol. The summed E-state index contributed by atoms with van der Waals surface area (Å²) in [5.41, 5.74) is 0.657. The van der Waals surface area contributed by atoms with Crippen LogP contribution < -0.4 is 4.74 Å². The van der Waals surface area contributed by atoms with Gasteiger partial charge in [0.15, 0.2) is 11.3 Å². The van der Waals surface area contributed by atoms with Crippen molar-refractivity contribution in [3.05, 3.63) is 16.7 Å². The van der Waals surface area contributed by atoms with Crippen LogP contribution in [0.5, 0.6) is 5.75 Å². The molecule has 2 aromatic rings. The average Bonchev–Trinajstić information content (AvgIpc) is 2.66. The summed E-state index contributed by atoms with van der Waals surface area (Å²) < 4.78 is 4.97. The van der Waals surface area contributed by atoms with Gasteiger partial charge in [-0.3, -0.25) is 0 Å². The third kappa shape index (κ3) is 1.39. The van der Waals surface area contributed by atoms with Gasteiger partial charge in [-0.2, -0.15) is 15.4 Å². The van der Waals surface area contributed by atoms with Gasteiger partial charge in [-0.25, -0.2) is 4.79 Å². The number of aromatic amines is 1. The number of hydrogen-bond acceptors (Lipinski definition) is 4. The van der Waals surface area contributed by atoms with Gasteiger partial charge in [-0.1, -0.05) is 11.6 Å². The van der Waals surface area contributed by atoms with Crippen molar-refractivity contribution < 1.29 is 14.6 Å². The van der Waals surface area contributed by atoms with Gasteiger partial charge < -0.3 is 9.84 Å². The van der Waals surface area contributed by atoms with Crippen LogP contribution in [0.1, 0.15) is 10.4 Å². The lowest BCUT2D eigenvalue weighted by molar-refractivity contribution is 0.0693. The van der Waals surface area contributed by atoms with E-state index in [2.05, 4.69) is 15.4 Å². The minimum absolute atomic E-state index is 0.0381. The number of carboxylic acid groups (broad SMARTS) is 1. The van der Waals surface area contributed by atoms with Gasteiger partial charge in [0.25, 0.3) is 0 Å². The first kappa shape index (κ1) is 9.72. The molecule has 15 heavy (non-hydrogen) atoms. The van der Waals surface area contributed by atoms with E-state index in [0.717, 1.165) is 0 Å². The molecule has 0 aliphatic carbocycles. The van der Waals surface area contributed by atoms with Crippen molar-refractivity contribution in [1.82, 2.24) is 15.4 Å². The second kappa shape index (κ2) is 3.39. The average molecular weight is 228 g/mol. The SMILES string of the molecule is COc1c(C(=O)O)cc(Cl)c2n[nH]nc12. The molecule has 0 spiro atoms. The zero-order chi connectivity index (χ0) is 11.0. The van der Waals surface area contributed by atoms with Gasteiger partial charge in [-0.05, 0) is 6.07 Å². The third-order valence-electron chi connectivity index (χ3n) is 1.94. The number of fused-ring (bicyclic) bond motifs is 1. The van der Waals surface area contributed by atoms with Crippen molar-refractivity contribution in [1.29, 1.82) is 0 Å². The highest BCUT2D eigenvalue weighted by molar-refractivity contribution is 6.35. The zero-order valence-electron chi connectivity index (χ0n) is 7.61. The molecule has 0 bridgehead atoms. The summed E-state index contributed by atoms with van der Waals surface area (Å²) >= 11 is 5.84. The van der Waals surface area contributed by atoms with Crippen molar-refractivity contribution in [2.45, 2.75) is 0 Å². The largest absolute Gasteiger partial charge is 0.493 e. The van der Waals surface area contributed by atoms with Crippen LogP contribution in [0.2, 0.25) is 5.02 Å². The molecule has 0 radical (unpaired) electrons. The monoisotopic (exact) mass is 227 g/mol. The van der Waals surface area contributed by atoms with Crippen LogP contribution in [0.15, 0.2) is 6.07 Å². The molecule has 0 amide bonds. The number of nitrogens with zero attached hydrogens (tertiary/aromatic N) is 2. The second-order valence-corrected chi connectivity index (χ2v) is 3.17. The lowest BCUT2D eigenvalue weighted by Gasteiger charge is -2.05. The maximum absolute atomic E-state index is 10.9. The molecule has 0 saturated carbocycles. The van der Waals surface area contributed by atoms with Crippen LogP contribution in [0.3, 0.4) is 0 Å². The highest BCUT2D eigenvalue weighted by atomic mass is 35.5. The lowest BCUT2D eigenvalue weighted by Crippen LogP contribution is -2.01. The first-order valence-corrected chi connectivity index (χ1v) is 4.33. The fourth-order valence-corrected chi connectivity index (χ4v) is 1.55. The molecule has 78 valence electrons. The number of H-pyrrole nitrogens is 1. The molecule has 7 heteroatoms. The van der Waals surface area contributed by atoms with E-state index >= 15 is 0 Å². The van der Waals surface area contributed by atoms with Gasteiger partial charge in [0.05, 0.1) is 12.1 Å². The van der Waals surface area contributed by atoms with Crippen molar-refractivity contribution >= 4 is 28.6 Å². The predicted octanol–water partition coefficient (Wildman–Crippen LogP) is 1.32. The molecule has 1 aromatic carbocycles. The molecule has 0 fully saturated rings. The van der Waals surface area contributed by atoms with E-state index in [1.165, 1.54) is 13.2 Å². The molecule has 2 N–H and O–H groups in total. The minimum atomic E-state index is -1.13. The van der Waals surface area contributed by atoms with Gasteiger partial charge in [0.1, 0.15) is 11.1 Å². The van der Waals surface area contributed by atoms with Crippen LogP contribution >= 0.6 is 11.6 Å². The summed E-state index contributed by atoms with van der Waals surface area (Å²) in [6.45, 7) is 0. The van der Waals surface area contributed by atoms with Gasteiger partial charge in [-0.15, -0.1) is 0 Å². The van der Waals surface area contributed by atoms with Gasteiger partial charge in [0.2, 0.25) is 0 Å². The Morgan fingerprint density at radius 2 is 2.20 bits per heavy atom. The number of carbonyl (C=O) groups is 1. The van der Waals surface area contributed by atoms with Gasteiger partial charge in [0, 0.05) is 0 Å². The van der Waals surface area contributed by atoms with E-state index in [1.54, 1.807) is 0 Å². The molecule has 2 rings (SSSR count). The van der Waals surface area contributed by atoms with Crippen LogP contribution in [-0.4, -0.2) is 33.6 Å². The number of methoxy groups -OCH3 is 1. The minimum Gasteiger partial charge on any atom is -0.493 e. The zero-order valence-corrected chi connectivity index (χ0v) is 8.37. The molecule has 6 nitrogen and oxygen atoms in total. The number of aromatic nitrogens is 3. The van der Waals surface area contributed by atoms with E-state index in [1.807, 2.05) is 0 Å². The third-order valence-corrected chi connectivity index (χ3v) is 2.23. The number of hydrogen-bond donors (Lipinski definition) is 2. The highest BCUT2D eigenvalue weighted by Crippen LogP contribution is 2.32. The lowest BCUT2D eigenvalue weighted by atomic mass is 10.1. The quantitative estimate of drug-likeness (QED) is 0.808. The summed E-state index contributed by atoms with van der Waals surface area (Å²) in [6, 6.07) is 1.29. The number of rotatable bonds is 2. The molecule has 0 aliphatic heterocycles. The highest BCUT2D eigenvalue weighted by Gasteiger charge is 2.19. The normalized spacial score (nSPS) is 10.5. The Kier molecular flexibility index (Phi) is 2.20. The van der Waals surface area contributed by atoms with E-state index in [9.17, 15) is 4.79 Å².